The van der Waals surface area contributed by atoms with Crippen LogP contribution in [0.5, 0.6) is 0 Å². The summed E-state index contributed by atoms with van der Waals surface area (Å²) in [6.07, 6.45) is 0.926. The third kappa shape index (κ3) is 3.50. The van der Waals surface area contributed by atoms with Gasteiger partial charge >= 0.3 is 0 Å². The van der Waals surface area contributed by atoms with Gasteiger partial charge in [0, 0.05) is 6.54 Å². The first-order valence-electron chi connectivity index (χ1n) is 4.98. The third-order valence-corrected chi connectivity index (χ3v) is 2.34. The Hall–Kier alpha value is -1.71. The van der Waals surface area contributed by atoms with Crippen LogP contribution in [0, 0.1) is 13.8 Å². The van der Waals surface area contributed by atoms with Crippen LogP contribution in [0.25, 0.3) is 0 Å². The number of nitrogens with zero attached hydrogens (tertiary/aromatic N) is 1. The van der Waals surface area contributed by atoms with Crippen molar-refractivity contribution in [1.29, 1.82) is 0 Å². The van der Waals surface area contributed by atoms with Gasteiger partial charge in [0.25, 0.3) is 0 Å². The molecule has 0 saturated carbocycles. The molecule has 0 spiro atoms. The van der Waals surface area contributed by atoms with Crippen LogP contribution in [0.15, 0.2) is 23.3 Å². The van der Waals surface area contributed by atoms with Crippen LogP contribution in [0.1, 0.15) is 16.7 Å². The topological polar surface area (TPSA) is 76.4 Å². The Morgan fingerprint density at radius 3 is 2.40 bits per heavy atom. The van der Waals surface area contributed by atoms with Crippen molar-refractivity contribution in [3.63, 3.8) is 0 Å². The highest BCUT2D eigenvalue weighted by Crippen LogP contribution is 2.13. The van der Waals surface area contributed by atoms with Crippen LogP contribution in [-0.2, 0) is 6.42 Å². The van der Waals surface area contributed by atoms with E-state index in [0.717, 1.165) is 13.0 Å². The van der Waals surface area contributed by atoms with E-state index in [1.54, 1.807) is 0 Å². The van der Waals surface area contributed by atoms with E-state index >= 15 is 0 Å². The van der Waals surface area contributed by atoms with E-state index in [1.807, 2.05) is 0 Å². The summed E-state index contributed by atoms with van der Waals surface area (Å²) in [6, 6.07) is 6.30. The normalized spacial score (nSPS) is 9.73. The number of aryl methyl sites for hydroxylation is 2. The lowest BCUT2D eigenvalue weighted by molar-refractivity contribution is 0.724. The van der Waals surface area contributed by atoms with Crippen LogP contribution in [-0.4, -0.2) is 12.5 Å². The SMILES string of the molecule is Cc1cccc(C)c1CCNN=C(N)N. The molecule has 1 aromatic carbocycles. The highest BCUT2D eigenvalue weighted by Gasteiger charge is 2.00. The van der Waals surface area contributed by atoms with Gasteiger partial charge in [0.1, 0.15) is 0 Å². The third-order valence-electron chi connectivity index (χ3n) is 2.34. The minimum absolute atomic E-state index is 0.0662. The second-order valence-electron chi connectivity index (χ2n) is 3.57. The lowest BCUT2D eigenvalue weighted by atomic mass is 10.0. The molecule has 0 bridgehead atoms. The highest BCUT2D eigenvalue weighted by atomic mass is 15.3. The zero-order valence-electron chi connectivity index (χ0n) is 9.25. The van der Waals surface area contributed by atoms with Gasteiger partial charge in [-0.1, -0.05) is 18.2 Å². The number of hydrogen-bond acceptors (Lipinski definition) is 2. The molecule has 0 radical (unpaired) electrons. The Balaban J connectivity index is 2.54. The van der Waals surface area contributed by atoms with E-state index in [4.69, 9.17) is 11.5 Å². The van der Waals surface area contributed by atoms with Crippen molar-refractivity contribution in [1.82, 2.24) is 5.43 Å². The quantitative estimate of drug-likeness (QED) is 0.292. The van der Waals surface area contributed by atoms with E-state index < -0.39 is 0 Å². The molecule has 0 saturated heterocycles. The molecule has 0 atom stereocenters. The van der Waals surface area contributed by atoms with Crippen LogP contribution >= 0.6 is 0 Å². The number of nitrogens with one attached hydrogen (secondary N) is 1. The van der Waals surface area contributed by atoms with Gasteiger partial charge in [-0.2, -0.15) is 0 Å². The molecule has 0 aliphatic rings. The monoisotopic (exact) mass is 206 g/mol. The average molecular weight is 206 g/mol. The van der Waals surface area contributed by atoms with Crippen molar-refractivity contribution in [3.8, 4) is 0 Å². The summed E-state index contributed by atoms with van der Waals surface area (Å²) < 4.78 is 0. The average Bonchev–Trinajstić information content (AvgIpc) is 2.15. The van der Waals surface area contributed by atoms with Crippen LogP contribution < -0.4 is 16.9 Å². The molecule has 82 valence electrons. The number of guanidine groups is 1. The summed E-state index contributed by atoms with van der Waals surface area (Å²) in [5.74, 6) is 0.0662. The Labute approximate surface area is 90.4 Å². The molecule has 0 amide bonds. The largest absolute Gasteiger partial charge is 0.369 e. The Bertz CT molecular complexity index is 333. The second-order valence-corrected chi connectivity index (χ2v) is 3.57. The van der Waals surface area contributed by atoms with Crippen LogP contribution in [0.2, 0.25) is 0 Å². The smallest absolute Gasteiger partial charge is 0.208 e. The molecule has 4 nitrogen and oxygen atoms in total. The van der Waals surface area contributed by atoms with Gasteiger partial charge in [-0.05, 0) is 37.0 Å². The fourth-order valence-corrected chi connectivity index (χ4v) is 1.57. The van der Waals surface area contributed by atoms with Crippen molar-refractivity contribution in [2.75, 3.05) is 6.54 Å². The lowest BCUT2D eigenvalue weighted by Crippen LogP contribution is -2.27. The molecule has 0 heterocycles. The molecule has 5 N–H and O–H groups in total. The number of hydrazone groups is 1. The fourth-order valence-electron chi connectivity index (χ4n) is 1.57. The van der Waals surface area contributed by atoms with Crippen LogP contribution in [0.4, 0.5) is 0 Å². The lowest BCUT2D eigenvalue weighted by Gasteiger charge is -2.09. The van der Waals surface area contributed by atoms with E-state index in [2.05, 4.69) is 42.6 Å². The summed E-state index contributed by atoms with van der Waals surface area (Å²) in [6.45, 7) is 4.97. The summed E-state index contributed by atoms with van der Waals surface area (Å²) in [7, 11) is 0. The zero-order chi connectivity index (χ0) is 11.3. The summed E-state index contributed by atoms with van der Waals surface area (Å²) in [5, 5.41) is 3.72. The van der Waals surface area contributed by atoms with Gasteiger partial charge in [-0.3, -0.25) is 0 Å². The zero-order valence-corrected chi connectivity index (χ0v) is 9.25. The summed E-state index contributed by atoms with van der Waals surface area (Å²) in [5.41, 5.74) is 17.2. The van der Waals surface area contributed by atoms with Crippen molar-refractivity contribution in [2.45, 2.75) is 20.3 Å². The van der Waals surface area contributed by atoms with Gasteiger partial charge < -0.3 is 16.9 Å². The van der Waals surface area contributed by atoms with Crippen molar-refractivity contribution in [3.05, 3.63) is 34.9 Å². The molecule has 15 heavy (non-hydrogen) atoms. The second kappa shape index (κ2) is 5.24. The minimum Gasteiger partial charge on any atom is -0.369 e. The number of rotatable bonds is 4. The van der Waals surface area contributed by atoms with Gasteiger partial charge in [-0.25, -0.2) is 0 Å². The number of benzene rings is 1. The molecule has 4 heteroatoms. The maximum Gasteiger partial charge on any atom is 0.208 e. The van der Waals surface area contributed by atoms with Crippen LogP contribution in [0.3, 0.4) is 0 Å². The molecule has 0 fully saturated rings. The molecule has 0 unspecified atom stereocenters. The maximum absolute atomic E-state index is 5.20. The van der Waals surface area contributed by atoms with E-state index in [0.29, 0.717) is 0 Å². The summed E-state index contributed by atoms with van der Waals surface area (Å²) >= 11 is 0. The first-order chi connectivity index (χ1) is 7.11. The number of hydrogen-bond donors (Lipinski definition) is 3. The number of nitrogens with two attached hydrogens (primary N) is 2. The molecule has 1 aromatic rings. The van der Waals surface area contributed by atoms with E-state index in [-0.39, 0.29) is 5.96 Å². The molecule has 0 aliphatic heterocycles. The summed E-state index contributed by atoms with van der Waals surface area (Å²) in [4.78, 5) is 0. The van der Waals surface area contributed by atoms with E-state index in [9.17, 15) is 0 Å². The Kier molecular flexibility index (Phi) is 3.97. The minimum atomic E-state index is 0.0662. The Morgan fingerprint density at radius 2 is 1.87 bits per heavy atom. The van der Waals surface area contributed by atoms with Gasteiger partial charge in [0.15, 0.2) is 0 Å². The predicted octanol–water partition coefficient (Wildman–Crippen LogP) is 0.624. The van der Waals surface area contributed by atoms with Gasteiger partial charge in [0.05, 0.1) is 0 Å². The maximum atomic E-state index is 5.20. The van der Waals surface area contributed by atoms with E-state index in [1.165, 1.54) is 16.7 Å². The van der Waals surface area contributed by atoms with Crippen molar-refractivity contribution < 1.29 is 0 Å². The van der Waals surface area contributed by atoms with Crippen molar-refractivity contribution >= 4 is 5.96 Å². The molecule has 0 aromatic heterocycles. The first kappa shape index (κ1) is 11.4. The molecule has 0 aliphatic carbocycles. The molecular weight excluding hydrogens is 188 g/mol. The van der Waals surface area contributed by atoms with Crippen molar-refractivity contribution in [2.24, 2.45) is 16.6 Å². The predicted molar refractivity (Wildman–Crippen MR) is 63.4 cm³/mol. The van der Waals surface area contributed by atoms with Gasteiger partial charge in [0.2, 0.25) is 5.96 Å². The molecular formula is C11H18N4. The highest BCUT2D eigenvalue weighted by molar-refractivity contribution is 5.75. The fraction of sp³-hybridized carbons (Fsp3) is 0.364. The molecule has 1 rings (SSSR count). The Morgan fingerprint density at radius 1 is 1.27 bits per heavy atom. The standard InChI is InChI=1S/C11H18N4/c1-8-4-3-5-9(2)10(8)6-7-14-15-11(12)13/h3-5,14H,6-7H2,1-2H3,(H4,12,13,15). The first-order valence-corrected chi connectivity index (χ1v) is 4.98. The van der Waals surface area contributed by atoms with Gasteiger partial charge in [-0.15, -0.1) is 5.10 Å².